The summed E-state index contributed by atoms with van der Waals surface area (Å²) in [4.78, 5) is 12.7. The van der Waals surface area contributed by atoms with Gasteiger partial charge in [-0.05, 0) is 24.6 Å². The summed E-state index contributed by atoms with van der Waals surface area (Å²) in [5, 5.41) is 6.72. The first kappa shape index (κ1) is 18.2. The van der Waals surface area contributed by atoms with Gasteiger partial charge < -0.3 is 9.30 Å². The highest BCUT2D eigenvalue weighted by Gasteiger charge is 2.08. The van der Waals surface area contributed by atoms with Crippen molar-refractivity contribution in [3.05, 3.63) is 69.8 Å². The lowest BCUT2D eigenvalue weighted by Crippen LogP contribution is -2.28. The largest absolute Gasteiger partial charge is 0.482 e. The van der Waals surface area contributed by atoms with Gasteiger partial charge in [-0.25, -0.2) is 5.43 Å². The van der Waals surface area contributed by atoms with Crippen LogP contribution in [0.15, 0.2) is 65.1 Å². The standard InChI is InChI=1S/C19H18ClN3O2S/c1-2-23-16(14-8-4-3-5-9-14)13-26-19(23)22-21-18(24)12-25-17-11-7-6-10-15(17)20/h3-11,13H,2,12H2,1H3,(H,21,24)/b22-19-. The molecule has 2 aromatic carbocycles. The van der Waals surface area contributed by atoms with Gasteiger partial charge in [-0.3, -0.25) is 4.79 Å². The Morgan fingerprint density at radius 1 is 1.19 bits per heavy atom. The number of para-hydroxylation sites is 1. The highest BCUT2D eigenvalue weighted by atomic mass is 35.5. The van der Waals surface area contributed by atoms with E-state index in [0.29, 0.717) is 10.8 Å². The third-order valence-corrected chi connectivity index (χ3v) is 4.83. The molecule has 7 heteroatoms. The fourth-order valence-corrected chi connectivity index (χ4v) is 3.54. The molecule has 0 aliphatic heterocycles. The predicted molar refractivity (Wildman–Crippen MR) is 104 cm³/mol. The van der Waals surface area contributed by atoms with Gasteiger partial charge in [0.05, 0.1) is 10.7 Å². The summed E-state index contributed by atoms with van der Waals surface area (Å²) in [6, 6.07) is 17.1. The predicted octanol–water partition coefficient (Wildman–Crippen LogP) is 3.90. The molecule has 3 aromatic rings. The van der Waals surface area contributed by atoms with Crippen molar-refractivity contribution in [3.8, 4) is 17.0 Å². The average molecular weight is 388 g/mol. The molecule has 0 unspecified atom stereocenters. The molecule has 5 nitrogen and oxygen atoms in total. The van der Waals surface area contributed by atoms with E-state index in [0.717, 1.165) is 22.6 Å². The molecule has 0 aliphatic rings. The Labute approximate surface area is 160 Å². The van der Waals surface area contributed by atoms with Gasteiger partial charge in [-0.15, -0.1) is 16.4 Å². The fourth-order valence-electron chi connectivity index (χ4n) is 2.41. The summed E-state index contributed by atoms with van der Waals surface area (Å²) in [5.74, 6) is 0.123. The molecule has 1 aromatic heterocycles. The van der Waals surface area contributed by atoms with E-state index in [9.17, 15) is 4.79 Å². The van der Waals surface area contributed by atoms with Crippen LogP contribution in [-0.2, 0) is 11.3 Å². The Morgan fingerprint density at radius 3 is 2.65 bits per heavy atom. The Hall–Kier alpha value is -2.57. The zero-order chi connectivity index (χ0) is 18.4. The van der Waals surface area contributed by atoms with Crippen molar-refractivity contribution in [3.63, 3.8) is 0 Å². The molecule has 0 fully saturated rings. The lowest BCUT2D eigenvalue weighted by atomic mass is 10.2. The number of nitrogens with zero attached hydrogens (tertiary/aromatic N) is 2. The van der Waals surface area contributed by atoms with Crippen molar-refractivity contribution in [2.24, 2.45) is 5.10 Å². The second-order valence-electron chi connectivity index (χ2n) is 5.38. The summed E-state index contributed by atoms with van der Waals surface area (Å²) in [7, 11) is 0. The van der Waals surface area contributed by atoms with Crippen LogP contribution in [0.2, 0.25) is 5.02 Å². The molecule has 134 valence electrons. The zero-order valence-electron chi connectivity index (χ0n) is 14.2. The van der Waals surface area contributed by atoms with Crippen LogP contribution in [0.3, 0.4) is 0 Å². The first-order valence-corrected chi connectivity index (χ1v) is 9.38. The van der Waals surface area contributed by atoms with Crippen LogP contribution < -0.4 is 15.0 Å². The van der Waals surface area contributed by atoms with Gasteiger partial charge in [0, 0.05) is 11.9 Å². The molecule has 0 aliphatic carbocycles. The molecule has 0 bridgehead atoms. The SMILES string of the molecule is CCn1c(-c2ccccc2)cs/c1=N\NC(=O)COc1ccccc1Cl. The molecule has 1 heterocycles. The highest BCUT2D eigenvalue weighted by Crippen LogP contribution is 2.22. The molecule has 26 heavy (non-hydrogen) atoms. The summed E-state index contributed by atoms with van der Waals surface area (Å²) >= 11 is 7.47. The van der Waals surface area contributed by atoms with Gasteiger partial charge in [-0.1, -0.05) is 54.1 Å². The van der Waals surface area contributed by atoms with E-state index >= 15 is 0 Å². The van der Waals surface area contributed by atoms with E-state index < -0.39 is 0 Å². The van der Waals surface area contributed by atoms with Crippen molar-refractivity contribution in [2.45, 2.75) is 13.5 Å². The van der Waals surface area contributed by atoms with Gasteiger partial charge in [0.25, 0.3) is 5.91 Å². The molecule has 1 amide bonds. The number of ether oxygens (including phenoxy) is 1. The maximum atomic E-state index is 12.0. The van der Waals surface area contributed by atoms with Gasteiger partial charge in [0.15, 0.2) is 6.61 Å². The number of halogens is 1. The summed E-state index contributed by atoms with van der Waals surface area (Å²) in [5.41, 5.74) is 4.72. The second-order valence-corrected chi connectivity index (χ2v) is 6.62. The lowest BCUT2D eigenvalue weighted by Gasteiger charge is -2.07. The molecule has 0 radical (unpaired) electrons. The van der Waals surface area contributed by atoms with Crippen LogP contribution in [0.4, 0.5) is 0 Å². The minimum Gasteiger partial charge on any atom is -0.482 e. The van der Waals surface area contributed by atoms with Crippen LogP contribution in [-0.4, -0.2) is 17.1 Å². The number of carbonyl (C=O) groups is 1. The average Bonchev–Trinajstić information content (AvgIpc) is 3.09. The third-order valence-electron chi connectivity index (χ3n) is 3.66. The fraction of sp³-hybridized carbons (Fsp3) is 0.158. The smallest absolute Gasteiger partial charge is 0.278 e. The summed E-state index contributed by atoms with van der Waals surface area (Å²) in [6.07, 6.45) is 0. The van der Waals surface area contributed by atoms with Gasteiger partial charge >= 0.3 is 0 Å². The third kappa shape index (κ3) is 4.33. The second kappa shape index (κ2) is 8.69. The van der Waals surface area contributed by atoms with E-state index in [1.165, 1.54) is 11.3 Å². The van der Waals surface area contributed by atoms with Crippen molar-refractivity contribution in [1.29, 1.82) is 0 Å². The molecular weight excluding hydrogens is 370 g/mol. The van der Waals surface area contributed by atoms with Gasteiger partial charge in [0.1, 0.15) is 5.75 Å². The molecule has 0 spiro atoms. The van der Waals surface area contributed by atoms with E-state index in [2.05, 4.69) is 15.1 Å². The van der Waals surface area contributed by atoms with Crippen LogP contribution in [0, 0.1) is 0 Å². The van der Waals surface area contributed by atoms with Crippen molar-refractivity contribution < 1.29 is 9.53 Å². The highest BCUT2D eigenvalue weighted by molar-refractivity contribution is 7.07. The normalized spacial score (nSPS) is 11.4. The molecule has 0 saturated carbocycles. The van der Waals surface area contributed by atoms with E-state index in [1.54, 1.807) is 24.3 Å². The summed E-state index contributed by atoms with van der Waals surface area (Å²) in [6.45, 7) is 2.63. The molecule has 1 N–H and O–H groups in total. The number of thiazole rings is 1. The minimum absolute atomic E-state index is 0.156. The number of benzene rings is 2. The Kier molecular flexibility index (Phi) is 6.09. The minimum atomic E-state index is -0.345. The number of aromatic nitrogens is 1. The van der Waals surface area contributed by atoms with E-state index in [4.69, 9.17) is 16.3 Å². The number of hydrogen-bond acceptors (Lipinski definition) is 4. The number of amides is 1. The Balaban J connectivity index is 1.69. The van der Waals surface area contributed by atoms with Crippen molar-refractivity contribution in [2.75, 3.05) is 6.61 Å². The lowest BCUT2D eigenvalue weighted by molar-refractivity contribution is -0.123. The van der Waals surface area contributed by atoms with E-state index in [-0.39, 0.29) is 12.5 Å². The number of nitrogens with one attached hydrogen (secondary N) is 1. The first-order chi connectivity index (χ1) is 12.7. The summed E-state index contributed by atoms with van der Waals surface area (Å²) < 4.78 is 7.46. The maximum absolute atomic E-state index is 12.0. The van der Waals surface area contributed by atoms with Crippen LogP contribution in [0.25, 0.3) is 11.3 Å². The van der Waals surface area contributed by atoms with Crippen molar-refractivity contribution >= 4 is 28.8 Å². The number of carbonyl (C=O) groups excluding carboxylic acids is 1. The molecule has 0 atom stereocenters. The van der Waals surface area contributed by atoms with Crippen LogP contribution >= 0.6 is 22.9 Å². The monoisotopic (exact) mass is 387 g/mol. The van der Waals surface area contributed by atoms with Crippen molar-refractivity contribution in [1.82, 2.24) is 9.99 Å². The zero-order valence-corrected chi connectivity index (χ0v) is 15.8. The maximum Gasteiger partial charge on any atom is 0.278 e. The van der Waals surface area contributed by atoms with Crippen LogP contribution in [0.5, 0.6) is 5.75 Å². The quantitative estimate of drug-likeness (QED) is 0.652. The number of rotatable bonds is 6. The molecular formula is C19H18ClN3O2S. The van der Waals surface area contributed by atoms with Crippen LogP contribution in [0.1, 0.15) is 6.92 Å². The van der Waals surface area contributed by atoms with E-state index in [1.807, 2.05) is 42.6 Å². The Bertz CT molecular complexity index is 951. The first-order valence-electron chi connectivity index (χ1n) is 8.12. The Morgan fingerprint density at radius 2 is 1.92 bits per heavy atom. The molecule has 3 rings (SSSR count). The van der Waals surface area contributed by atoms with Gasteiger partial charge in [-0.2, -0.15) is 0 Å². The number of hydrogen-bond donors (Lipinski definition) is 1. The van der Waals surface area contributed by atoms with Gasteiger partial charge in [0.2, 0.25) is 4.80 Å². The topological polar surface area (TPSA) is 55.6 Å². The molecule has 0 saturated heterocycles.